The van der Waals surface area contributed by atoms with Crippen molar-refractivity contribution >= 4 is 22.4 Å². The van der Waals surface area contributed by atoms with Crippen molar-refractivity contribution in [1.29, 1.82) is 0 Å². The Morgan fingerprint density at radius 3 is 2.88 bits per heavy atom. The predicted octanol–water partition coefficient (Wildman–Crippen LogP) is 2.37. The van der Waals surface area contributed by atoms with Crippen LogP contribution in [0.15, 0.2) is 12.4 Å². The predicted molar refractivity (Wildman–Crippen MR) is 100 cm³/mol. The second-order valence-corrected chi connectivity index (χ2v) is 8.14. The summed E-state index contributed by atoms with van der Waals surface area (Å²) < 4.78 is 7.68. The van der Waals surface area contributed by atoms with Crippen LogP contribution in [-0.4, -0.2) is 40.4 Å². The molecule has 1 amide bonds. The zero-order valence-electron chi connectivity index (χ0n) is 15.2. The summed E-state index contributed by atoms with van der Waals surface area (Å²) in [4.78, 5) is 18.5. The van der Waals surface area contributed by atoms with Crippen LogP contribution in [0.2, 0.25) is 0 Å². The van der Waals surface area contributed by atoms with Crippen molar-refractivity contribution in [3.8, 4) is 0 Å². The molecule has 0 bridgehead atoms. The Balaban J connectivity index is 1.44. The monoisotopic (exact) mass is 375 g/mol. The summed E-state index contributed by atoms with van der Waals surface area (Å²) in [6, 6.07) is 0. The molecule has 0 radical (unpaired) electrons. The fourth-order valence-corrected chi connectivity index (χ4v) is 4.79. The van der Waals surface area contributed by atoms with E-state index in [1.807, 2.05) is 31.0 Å². The molecule has 2 atom stereocenters. The average molecular weight is 375 g/mol. The van der Waals surface area contributed by atoms with Crippen molar-refractivity contribution in [3.63, 3.8) is 0 Å². The highest BCUT2D eigenvalue weighted by Gasteiger charge is 2.37. The smallest absolute Gasteiger partial charge is 0.232 e. The third kappa shape index (κ3) is 3.41. The summed E-state index contributed by atoms with van der Waals surface area (Å²) in [5.74, 6) is 0.339. The van der Waals surface area contributed by atoms with Crippen molar-refractivity contribution in [1.82, 2.24) is 20.1 Å². The highest BCUT2D eigenvalue weighted by molar-refractivity contribution is 7.15. The fraction of sp³-hybridized carbons (Fsp3) is 0.611. The number of rotatable bonds is 4. The maximum absolute atomic E-state index is 12.8. The molecule has 2 aliphatic heterocycles. The molecule has 2 aliphatic rings. The molecule has 4 rings (SSSR count). The molecular weight excluding hydrogens is 350 g/mol. The van der Waals surface area contributed by atoms with E-state index in [9.17, 15) is 4.79 Å². The van der Waals surface area contributed by atoms with Crippen LogP contribution >= 0.6 is 11.3 Å². The normalized spacial score (nSPS) is 24.1. The van der Waals surface area contributed by atoms with E-state index in [0.717, 1.165) is 43.6 Å². The molecule has 2 aromatic heterocycles. The van der Waals surface area contributed by atoms with Gasteiger partial charge in [-0.25, -0.2) is 4.98 Å². The van der Waals surface area contributed by atoms with Crippen LogP contribution in [0, 0.1) is 12.8 Å². The minimum Gasteiger partial charge on any atom is -0.373 e. The van der Waals surface area contributed by atoms with E-state index in [1.54, 1.807) is 11.3 Å². The molecule has 0 aromatic carbocycles. The summed E-state index contributed by atoms with van der Waals surface area (Å²) in [5, 5.41) is 11.4. The highest BCUT2D eigenvalue weighted by Crippen LogP contribution is 2.37. The van der Waals surface area contributed by atoms with Crippen LogP contribution in [0.4, 0.5) is 5.13 Å². The molecule has 0 aliphatic carbocycles. The first-order valence-electron chi connectivity index (χ1n) is 9.21. The third-order valence-electron chi connectivity index (χ3n) is 5.50. The number of hydrogen-bond donors (Lipinski definition) is 2. The lowest BCUT2D eigenvalue weighted by atomic mass is 9.95. The highest BCUT2D eigenvalue weighted by atomic mass is 32.1. The van der Waals surface area contributed by atoms with E-state index < -0.39 is 0 Å². The number of amides is 1. The summed E-state index contributed by atoms with van der Waals surface area (Å²) in [6.07, 6.45) is 6.49. The number of ether oxygens (including phenoxy) is 1. The minimum absolute atomic E-state index is 0.0121. The second-order valence-electron chi connectivity index (χ2n) is 7.08. The summed E-state index contributed by atoms with van der Waals surface area (Å²) in [5.41, 5.74) is 2.04. The van der Waals surface area contributed by atoms with E-state index in [0.29, 0.717) is 17.7 Å². The van der Waals surface area contributed by atoms with E-state index in [4.69, 9.17) is 4.74 Å². The zero-order chi connectivity index (χ0) is 18.1. The van der Waals surface area contributed by atoms with Crippen molar-refractivity contribution in [2.75, 3.05) is 25.0 Å². The van der Waals surface area contributed by atoms with Gasteiger partial charge >= 0.3 is 0 Å². The number of carbonyl (C=O) groups is 1. The van der Waals surface area contributed by atoms with Gasteiger partial charge in [-0.15, -0.1) is 11.3 Å². The van der Waals surface area contributed by atoms with Crippen molar-refractivity contribution in [2.45, 2.75) is 38.2 Å². The molecule has 4 heterocycles. The molecule has 2 aromatic rings. The van der Waals surface area contributed by atoms with Crippen molar-refractivity contribution in [2.24, 2.45) is 13.0 Å². The number of aromatic nitrogens is 3. The van der Waals surface area contributed by atoms with Crippen LogP contribution in [-0.2, 0) is 16.6 Å². The van der Waals surface area contributed by atoms with Crippen LogP contribution in [0.25, 0.3) is 0 Å². The van der Waals surface area contributed by atoms with Crippen LogP contribution < -0.4 is 10.6 Å². The van der Waals surface area contributed by atoms with E-state index in [2.05, 4.69) is 20.7 Å². The Kier molecular flexibility index (Phi) is 5.06. The Morgan fingerprint density at radius 2 is 2.15 bits per heavy atom. The number of anilines is 1. The fourth-order valence-electron chi connectivity index (χ4n) is 3.80. The Morgan fingerprint density at radius 1 is 1.35 bits per heavy atom. The van der Waals surface area contributed by atoms with E-state index >= 15 is 0 Å². The Labute approximate surface area is 157 Å². The van der Waals surface area contributed by atoms with E-state index in [-0.39, 0.29) is 17.9 Å². The average Bonchev–Trinajstić information content (AvgIpc) is 3.37. The molecule has 140 valence electrons. The lowest BCUT2D eigenvalue weighted by Gasteiger charge is -2.20. The summed E-state index contributed by atoms with van der Waals surface area (Å²) in [7, 11) is 1.90. The molecule has 26 heavy (non-hydrogen) atoms. The topological polar surface area (TPSA) is 81.1 Å². The lowest BCUT2D eigenvalue weighted by Crippen LogP contribution is -2.26. The lowest BCUT2D eigenvalue weighted by molar-refractivity contribution is -0.121. The molecule has 2 saturated heterocycles. The number of aryl methyl sites for hydroxylation is 1. The van der Waals surface area contributed by atoms with Gasteiger partial charge in [-0.05, 0) is 45.2 Å². The van der Waals surface area contributed by atoms with Gasteiger partial charge in [0.2, 0.25) is 5.91 Å². The van der Waals surface area contributed by atoms with Gasteiger partial charge in [0.15, 0.2) is 5.13 Å². The minimum atomic E-state index is -0.229. The van der Waals surface area contributed by atoms with Crippen LogP contribution in [0.3, 0.4) is 0 Å². The zero-order valence-corrected chi connectivity index (χ0v) is 16.0. The van der Waals surface area contributed by atoms with Crippen LogP contribution in [0.1, 0.15) is 47.4 Å². The van der Waals surface area contributed by atoms with Crippen LogP contribution in [0.5, 0.6) is 0 Å². The Hall–Kier alpha value is -1.77. The molecule has 0 saturated carbocycles. The number of thiazole rings is 1. The number of nitrogens with one attached hydrogen (secondary N) is 2. The maximum Gasteiger partial charge on any atom is 0.232 e. The van der Waals surface area contributed by atoms with Gasteiger partial charge in [0.1, 0.15) is 0 Å². The molecule has 0 unspecified atom stereocenters. The van der Waals surface area contributed by atoms with Gasteiger partial charge in [-0.2, -0.15) is 5.10 Å². The molecule has 2 fully saturated rings. The quantitative estimate of drug-likeness (QED) is 0.857. The summed E-state index contributed by atoms with van der Waals surface area (Å²) >= 11 is 1.60. The summed E-state index contributed by atoms with van der Waals surface area (Å²) in [6.45, 7) is 4.70. The number of piperidine rings is 1. The maximum atomic E-state index is 12.8. The third-order valence-corrected chi connectivity index (χ3v) is 6.58. The largest absolute Gasteiger partial charge is 0.373 e. The van der Waals surface area contributed by atoms with E-state index in [1.165, 1.54) is 4.88 Å². The van der Waals surface area contributed by atoms with Gasteiger partial charge < -0.3 is 15.4 Å². The van der Waals surface area contributed by atoms with Crippen molar-refractivity contribution in [3.05, 3.63) is 28.5 Å². The molecule has 8 heteroatoms. The molecule has 7 nitrogen and oxygen atoms in total. The number of hydrogen-bond acceptors (Lipinski definition) is 6. The molecule has 0 spiro atoms. The molecular formula is C18H25N5O2S. The SMILES string of the molecule is Cc1c([C@H]2OCC[C@@H]2C(=O)Nc2ncc(C3CCNCC3)s2)cnn1C. The number of nitrogens with zero attached hydrogens (tertiary/aromatic N) is 3. The van der Waals surface area contributed by atoms with Crippen molar-refractivity contribution < 1.29 is 9.53 Å². The molecule has 2 N–H and O–H groups in total. The van der Waals surface area contributed by atoms with Gasteiger partial charge in [0.05, 0.1) is 18.2 Å². The Bertz CT molecular complexity index is 780. The van der Waals surface area contributed by atoms with Gasteiger partial charge in [-0.1, -0.05) is 0 Å². The standard InChI is InChI=1S/C18H25N5O2S/c1-11-14(9-21-23(11)2)16-13(5-8-25-16)17(24)22-18-20-10-15(26-18)12-3-6-19-7-4-12/h9-10,12-13,16,19H,3-8H2,1-2H3,(H,20,22,24)/t13-,16-/m0/s1. The number of carbonyl (C=O) groups excluding carboxylic acids is 1. The van der Waals surface area contributed by atoms with Gasteiger partial charge in [0.25, 0.3) is 0 Å². The first-order valence-corrected chi connectivity index (χ1v) is 10.0. The van der Waals surface area contributed by atoms with Gasteiger partial charge in [-0.3, -0.25) is 9.48 Å². The second kappa shape index (κ2) is 7.46. The first-order chi connectivity index (χ1) is 12.6. The first kappa shape index (κ1) is 17.6. The van der Waals surface area contributed by atoms with Gasteiger partial charge in [0, 0.05) is 36.0 Å².